The number of nitrogens with one attached hydrogen (secondary N) is 1. The summed E-state index contributed by atoms with van der Waals surface area (Å²) in [4.78, 5) is 32.2. The van der Waals surface area contributed by atoms with Crippen molar-refractivity contribution in [3.05, 3.63) is 56.4 Å². The first-order chi connectivity index (χ1) is 13.6. The molecule has 3 aromatic rings. The maximum absolute atomic E-state index is 13.0. The van der Waals surface area contributed by atoms with Crippen molar-refractivity contribution in [2.45, 2.75) is 52.0 Å². The van der Waals surface area contributed by atoms with E-state index in [9.17, 15) is 9.59 Å². The summed E-state index contributed by atoms with van der Waals surface area (Å²) in [5, 5.41) is 3.66. The van der Waals surface area contributed by atoms with Gasteiger partial charge in [-0.25, -0.2) is 4.98 Å². The standard InChI is InChI=1S/C22H23N3O2S/c1-13-5-8-17-18(9-13)28-21-20(17)22(27)25(12-23-21)11-19(26)24-16-7-6-14-3-2-4-15(14)10-16/h6-7,10,12-13H,2-5,8-9,11H2,1H3,(H,24,26)/t13-/m1/s1. The number of nitrogens with zero attached hydrogens (tertiary/aromatic N) is 2. The van der Waals surface area contributed by atoms with Gasteiger partial charge in [0.1, 0.15) is 11.4 Å². The van der Waals surface area contributed by atoms with E-state index in [-0.39, 0.29) is 18.0 Å². The van der Waals surface area contributed by atoms with E-state index in [0.717, 1.165) is 53.6 Å². The maximum Gasteiger partial charge on any atom is 0.262 e. The number of benzene rings is 1. The molecule has 0 fully saturated rings. The third-order valence-electron chi connectivity index (χ3n) is 5.98. The van der Waals surface area contributed by atoms with Crippen LogP contribution in [0.25, 0.3) is 10.2 Å². The maximum atomic E-state index is 13.0. The van der Waals surface area contributed by atoms with Crippen molar-refractivity contribution in [2.24, 2.45) is 5.92 Å². The summed E-state index contributed by atoms with van der Waals surface area (Å²) in [7, 11) is 0. The van der Waals surface area contributed by atoms with Crippen LogP contribution in [0.2, 0.25) is 0 Å². The van der Waals surface area contributed by atoms with Gasteiger partial charge in [0.2, 0.25) is 5.91 Å². The van der Waals surface area contributed by atoms with Crippen molar-refractivity contribution in [2.75, 3.05) is 5.32 Å². The zero-order valence-corrected chi connectivity index (χ0v) is 16.8. The lowest BCUT2D eigenvalue weighted by Gasteiger charge is -2.17. The van der Waals surface area contributed by atoms with Crippen LogP contribution in [0.3, 0.4) is 0 Å². The molecule has 1 atom stereocenters. The van der Waals surface area contributed by atoms with Gasteiger partial charge in [0.15, 0.2) is 0 Å². The number of aryl methyl sites for hydroxylation is 3. The van der Waals surface area contributed by atoms with Gasteiger partial charge in [-0.1, -0.05) is 13.0 Å². The minimum Gasteiger partial charge on any atom is -0.325 e. The van der Waals surface area contributed by atoms with Gasteiger partial charge < -0.3 is 5.32 Å². The van der Waals surface area contributed by atoms with E-state index < -0.39 is 0 Å². The van der Waals surface area contributed by atoms with Crippen molar-refractivity contribution < 1.29 is 4.79 Å². The van der Waals surface area contributed by atoms with Crippen LogP contribution in [0, 0.1) is 5.92 Å². The zero-order chi connectivity index (χ0) is 19.3. The Morgan fingerprint density at radius 3 is 3.04 bits per heavy atom. The number of hydrogen-bond donors (Lipinski definition) is 1. The molecule has 2 aliphatic rings. The molecule has 5 rings (SSSR count). The average Bonchev–Trinajstić information content (AvgIpc) is 3.27. The normalized spacial score (nSPS) is 18.1. The summed E-state index contributed by atoms with van der Waals surface area (Å²) in [6, 6.07) is 6.10. The number of amides is 1. The Kier molecular flexibility index (Phi) is 4.31. The van der Waals surface area contributed by atoms with Crippen LogP contribution in [0.1, 0.15) is 41.3 Å². The Morgan fingerprint density at radius 1 is 1.29 bits per heavy atom. The van der Waals surface area contributed by atoms with Crippen LogP contribution in [0.5, 0.6) is 0 Å². The van der Waals surface area contributed by atoms with Crippen molar-refractivity contribution in [3.63, 3.8) is 0 Å². The SMILES string of the molecule is C[C@@H]1CCc2c(sc3ncn(CC(=O)Nc4ccc5c(c4)CCC5)c(=O)c23)C1. The number of thiophene rings is 1. The highest BCUT2D eigenvalue weighted by Gasteiger charge is 2.23. The summed E-state index contributed by atoms with van der Waals surface area (Å²) in [6.45, 7) is 2.24. The van der Waals surface area contributed by atoms with Gasteiger partial charge in [-0.2, -0.15) is 0 Å². The van der Waals surface area contributed by atoms with E-state index in [1.165, 1.54) is 33.3 Å². The minimum absolute atomic E-state index is 0.0140. The highest BCUT2D eigenvalue weighted by Crippen LogP contribution is 2.35. The molecule has 0 unspecified atom stereocenters. The molecule has 1 aromatic carbocycles. The van der Waals surface area contributed by atoms with Crippen molar-refractivity contribution in [3.8, 4) is 0 Å². The Morgan fingerprint density at radius 2 is 2.14 bits per heavy atom. The monoisotopic (exact) mass is 393 g/mol. The van der Waals surface area contributed by atoms with Gasteiger partial charge in [0.05, 0.1) is 11.7 Å². The molecule has 0 saturated carbocycles. The molecule has 0 spiro atoms. The van der Waals surface area contributed by atoms with Gasteiger partial charge in [-0.15, -0.1) is 11.3 Å². The van der Waals surface area contributed by atoms with Gasteiger partial charge in [-0.3, -0.25) is 14.2 Å². The first-order valence-electron chi connectivity index (χ1n) is 10.00. The third-order valence-corrected chi connectivity index (χ3v) is 7.14. The average molecular weight is 394 g/mol. The molecule has 0 radical (unpaired) electrons. The highest BCUT2D eigenvalue weighted by molar-refractivity contribution is 7.18. The number of carbonyl (C=O) groups excluding carboxylic acids is 1. The van der Waals surface area contributed by atoms with Gasteiger partial charge in [-0.05, 0) is 73.3 Å². The predicted molar refractivity (Wildman–Crippen MR) is 112 cm³/mol. The van der Waals surface area contributed by atoms with E-state index in [2.05, 4.69) is 29.4 Å². The molecule has 5 nitrogen and oxygen atoms in total. The zero-order valence-electron chi connectivity index (χ0n) is 16.0. The second-order valence-electron chi connectivity index (χ2n) is 8.09. The Bertz CT molecular complexity index is 1140. The molecule has 144 valence electrons. The van der Waals surface area contributed by atoms with Crippen LogP contribution in [-0.2, 0) is 37.0 Å². The minimum atomic E-state index is -0.195. The third kappa shape index (κ3) is 3.05. The molecule has 28 heavy (non-hydrogen) atoms. The van der Waals surface area contributed by atoms with Gasteiger partial charge in [0, 0.05) is 10.6 Å². The molecular weight excluding hydrogens is 370 g/mol. The molecule has 2 aromatic heterocycles. The molecule has 6 heteroatoms. The fourth-order valence-corrected chi connectivity index (χ4v) is 5.82. The summed E-state index contributed by atoms with van der Waals surface area (Å²) < 4.78 is 1.44. The first-order valence-corrected chi connectivity index (χ1v) is 10.8. The first kappa shape index (κ1) is 17.6. The topological polar surface area (TPSA) is 64.0 Å². The lowest BCUT2D eigenvalue weighted by Crippen LogP contribution is -2.28. The molecule has 0 saturated heterocycles. The van der Waals surface area contributed by atoms with E-state index in [1.54, 1.807) is 11.3 Å². The molecule has 0 aliphatic heterocycles. The lowest BCUT2D eigenvalue weighted by molar-refractivity contribution is -0.116. The lowest BCUT2D eigenvalue weighted by atomic mass is 9.89. The Hall–Kier alpha value is -2.47. The second kappa shape index (κ2) is 6.85. The van der Waals surface area contributed by atoms with E-state index in [0.29, 0.717) is 5.92 Å². The summed E-state index contributed by atoms with van der Waals surface area (Å²) in [6.07, 6.45) is 7.94. The highest BCUT2D eigenvalue weighted by atomic mass is 32.1. The van der Waals surface area contributed by atoms with Gasteiger partial charge >= 0.3 is 0 Å². The van der Waals surface area contributed by atoms with E-state index in [1.807, 2.05) is 6.07 Å². The van der Waals surface area contributed by atoms with Crippen molar-refractivity contribution in [1.82, 2.24) is 9.55 Å². The summed E-state index contributed by atoms with van der Waals surface area (Å²) in [5.74, 6) is 0.458. The van der Waals surface area contributed by atoms with Crippen LogP contribution in [-0.4, -0.2) is 15.5 Å². The number of fused-ring (bicyclic) bond motifs is 4. The predicted octanol–water partition coefficient (Wildman–Crippen LogP) is 3.71. The fraction of sp³-hybridized carbons (Fsp3) is 0.409. The summed E-state index contributed by atoms with van der Waals surface area (Å²) >= 11 is 1.63. The van der Waals surface area contributed by atoms with Crippen molar-refractivity contribution >= 4 is 33.1 Å². The molecular formula is C22H23N3O2S. The van der Waals surface area contributed by atoms with E-state index >= 15 is 0 Å². The molecule has 1 N–H and O–H groups in total. The molecule has 0 bridgehead atoms. The number of carbonyl (C=O) groups is 1. The fourth-order valence-electron chi connectivity index (χ4n) is 4.48. The number of anilines is 1. The number of rotatable bonds is 3. The quantitative estimate of drug-likeness (QED) is 0.738. The second-order valence-corrected chi connectivity index (χ2v) is 9.18. The largest absolute Gasteiger partial charge is 0.325 e. The van der Waals surface area contributed by atoms with Crippen LogP contribution in [0.15, 0.2) is 29.3 Å². The smallest absolute Gasteiger partial charge is 0.262 e. The van der Waals surface area contributed by atoms with Crippen LogP contribution < -0.4 is 10.9 Å². The van der Waals surface area contributed by atoms with Crippen LogP contribution in [0.4, 0.5) is 5.69 Å². The number of hydrogen-bond acceptors (Lipinski definition) is 4. The molecule has 2 aliphatic carbocycles. The Labute approximate surface area is 167 Å². The van der Waals surface area contributed by atoms with Crippen molar-refractivity contribution in [1.29, 1.82) is 0 Å². The van der Waals surface area contributed by atoms with Gasteiger partial charge in [0.25, 0.3) is 5.56 Å². The molecule has 1 amide bonds. The summed E-state index contributed by atoms with van der Waals surface area (Å²) in [5.41, 5.74) is 4.55. The Balaban J connectivity index is 1.40. The van der Waals surface area contributed by atoms with Crippen LogP contribution >= 0.6 is 11.3 Å². The van der Waals surface area contributed by atoms with E-state index in [4.69, 9.17) is 0 Å². The number of aromatic nitrogens is 2. The molecule has 2 heterocycles.